The smallest absolute Gasteiger partial charge is 0.408 e. The van der Waals surface area contributed by atoms with E-state index >= 15 is 13.6 Å². The fourth-order valence-corrected chi connectivity index (χ4v) is 10.4. The molecule has 7 atom stereocenters. The number of sulfonamides is 1. The van der Waals surface area contributed by atoms with Crippen LogP contribution >= 0.6 is 0 Å². The van der Waals surface area contributed by atoms with Crippen molar-refractivity contribution in [2.75, 3.05) is 26.4 Å². The molecule has 3 fully saturated rings. The van der Waals surface area contributed by atoms with Crippen LogP contribution in [0.4, 0.5) is 18.0 Å². The number of nitrogens with zero attached hydrogens (tertiary/aromatic N) is 3. The number of allylic oxidation sites excluding steroid dienone is 1. The first-order chi connectivity index (χ1) is 28.7. The molecule has 2 saturated carbocycles. The molecule has 0 unspecified atom stereocenters. The van der Waals surface area contributed by atoms with Crippen molar-refractivity contribution in [3.05, 3.63) is 36.5 Å². The van der Waals surface area contributed by atoms with E-state index < -0.39 is 92.3 Å². The van der Waals surface area contributed by atoms with Gasteiger partial charge in [0.05, 0.1) is 6.54 Å². The van der Waals surface area contributed by atoms with Crippen molar-refractivity contribution in [2.45, 2.75) is 126 Å². The Labute approximate surface area is 352 Å². The van der Waals surface area contributed by atoms with E-state index in [2.05, 4.69) is 10.3 Å². The van der Waals surface area contributed by atoms with Crippen LogP contribution in [0.1, 0.15) is 86.0 Å². The van der Waals surface area contributed by atoms with Crippen LogP contribution in [-0.2, 0) is 24.4 Å². The summed E-state index contributed by atoms with van der Waals surface area (Å²) in [5.74, 6) is -6.90. The Morgan fingerprint density at radius 3 is 2.49 bits per heavy atom. The van der Waals surface area contributed by atoms with Crippen molar-refractivity contribution < 1.29 is 60.1 Å². The van der Waals surface area contributed by atoms with Gasteiger partial charge in [-0.1, -0.05) is 32.4 Å². The number of alkyl halides is 3. The van der Waals surface area contributed by atoms with E-state index in [1.807, 2.05) is 17.7 Å². The second-order valence-electron chi connectivity index (χ2n) is 17.9. The van der Waals surface area contributed by atoms with Gasteiger partial charge in [-0.2, -0.15) is 0 Å². The summed E-state index contributed by atoms with van der Waals surface area (Å²) in [7, 11) is -4.48. The van der Waals surface area contributed by atoms with Crippen LogP contribution in [0.25, 0.3) is 10.8 Å². The van der Waals surface area contributed by atoms with Crippen molar-refractivity contribution in [3.63, 3.8) is 0 Å². The number of benzene rings is 1. The molecule has 19 heteroatoms. The molecule has 5 aliphatic rings. The highest BCUT2D eigenvalue weighted by Gasteiger charge is 2.64. The Morgan fingerprint density at radius 2 is 1.84 bits per heavy atom. The van der Waals surface area contributed by atoms with Crippen LogP contribution in [0.3, 0.4) is 0 Å². The van der Waals surface area contributed by atoms with Gasteiger partial charge in [0, 0.05) is 36.2 Å². The van der Waals surface area contributed by atoms with Crippen LogP contribution in [0.5, 0.6) is 17.4 Å². The molecular weight excluding hydrogens is 824 g/mol. The third-order valence-corrected chi connectivity index (χ3v) is 15.5. The number of hydrogen-bond acceptors (Lipinski definition) is 10. The van der Waals surface area contributed by atoms with Gasteiger partial charge in [-0.15, -0.1) is 0 Å². The summed E-state index contributed by atoms with van der Waals surface area (Å²) < 4.78 is 89.8. The Balaban J connectivity index is 1.30. The van der Waals surface area contributed by atoms with Gasteiger partial charge in [-0.3, -0.25) is 24.0 Å². The fourth-order valence-electron chi connectivity index (χ4n) is 8.99. The molecule has 4 heterocycles. The van der Waals surface area contributed by atoms with E-state index in [0.717, 1.165) is 18.7 Å². The highest BCUT2D eigenvalue weighted by Crippen LogP contribution is 2.49. The SMILES string of the molecule is CC[C@@H]1C[C@@H](C)CC/C=C\[C@@H]2C[C@@]2(C(=O)NS(=O)(=O)C2(CF)CC2)NC(=O)[C@@H]2C[C@@H](Oc3nccc4c5c(ccc34)OCCO5)CN2C(=O)[C@H]1N(C(=O)O)C(C)(C)C(C)(F)F. The van der Waals surface area contributed by atoms with Gasteiger partial charge >= 0.3 is 6.09 Å². The maximum atomic E-state index is 15.5. The second-order valence-corrected chi connectivity index (χ2v) is 19.9. The number of aromatic nitrogens is 1. The monoisotopic (exact) mass is 877 g/mol. The molecule has 3 aliphatic heterocycles. The molecule has 1 aromatic heterocycles. The summed E-state index contributed by atoms with van der Waals surface area (Å²) >= 11 is 0. The zero-order valence-corrected chi connectivity index (χ0v) is 35.7. The van der Waals surface area contributed by atoms with E-state index in [1.54, 1.807) is 31.2 Å². The van der Waals surface area contributed by atoms with E-state index in [1.165, 1.54) is 6.20 Å². The minimum atomic E-state index is -4.48. The Morgan fingerprint density at radius 1 is 1.11 bits per heavy atom. The predicted octanol–water partition coefficient (Wildman–Crippen LogP) is 5.36. The summed E-state index contributed by atoms with van der Waals surface area (Å²) in [5, 5.41) is 14.6. The van der Waals surface area contributed by atoms with Gasteiger partial charge in [-0.05, 0) is 82.4 Å². The average molecular weight is 878 g/mol. The summed E-state index contributed by atoms with van der Waals surface area (Å²) in [6, 6.07) is 2.01. The molecule has 2 aliphatic carbocycles. The first-order valence-electron chi connectivity index (χ1n) is 20.9. The summed E-state index contributed by atoms with van der Waals surface area (Å²) in [5.41, 5.74) is -4.20. The fraction of sp³-hybridized carbons (Fsp3) is 0.643. The number of nitrogens with one attached hydrogen (secondary N) is 2. The molecule has 4 amide bonds. The van der Waals surface area contributed by atoms with Crippen LogP contribution in [0.2, 0.25) is 0 Å². The van der Waals surface area contributed by atoms with Gasteiger partial charge in [0.2, 0.25) is 27.7 Å². The molecule has 61 heavy (non-hydrogen) atoms. The largest absolute Gasteiger partial charge is 0.486 e. The second kappa shape index (κ2) is 16.1. The highest BCUT2D eigenvalue weighted by atomic mass is 32.2. The van der Waals surface area contributed by atoms with Crippen molar-refractivity contribution in [1.82, 2.24) is 24.8 Å². The lowest BCUT2D eigenvalue weighted by Gasteiger charge is -2.47. The van der Waals surface area contributed by atoms with Gasteiger partial charge in [-0.25, -0.2) is 31.4 Å². The third kappa shape index (κ3) is 8.06. The Hall–Kier alpha value is -4.81. The maximum Gasteiger partial charge on any atom is 0.408 e. The minimum Gasteiger partial charge on any atom is -0.486 e. The first-order valence-corrected chi connectivity index (χ1v) is 22.3. The first kappa shape index (κ1) is 44.3. The lowest BCUT2D eigenvalue weighted by Crippen LogP contribution is -2.67. The molecule has 15 nitrogen and oxygen atoms in total. The van der Waals surface area contributed by atoms with Crippen molar-refractivity contribution >= 4 is 44.6 Å². The summed E-state index contributed by atoms with van der Waals surface area (Å²) in [6.45, 7) is 5.54. The standard InChI is InChI=1S/C42H54F3N5O10S/c1-6-25-19-24(2)9-7-8-10-26-21-42(26,37(53)48-61(56,57)41(23-43)14-15-41)47-34(51)30-20-27(22-49(30)36(52)32(25)50(38(54)55)39(3,4)40(5,44)45)60-35-29-11-12-31-33(59-18-17-58-31)28(29)13-16-46-35/h8,10-13,16,24-27,30,32H,6-7,9,14-15,17-23H2,1-5H3,(H,47,51)(H,48,53)(H,54,55)/b10-8-/t24-,25+,26+,27+,30-,32-,42+/m0/s1. The molecule has 1 saturated heterocycles. The quantitative estimate of drug-likeness (QED) is 0.260. The summed E-state index contributed by atoms with van der Waals surface area (Å²) in [6.07, 6.45) is 3.67. The number of hydrogen-bond donors (Lipinski definition) is 3. The molecule has 7 rings (SSSR count). The zero-order valence-electron chi connectivity index (χ0n) is 34.9. The molecular formula is C42H54F3N5O10S. The van der Waals surface area contributed by atoms with Gasteiger partial charge in [0.1, 0.15) is 53.9 Å². The topological polar surface area (TPSA) is 194 Å². The number of ether oxygens (including phenoxy) is 3. The molecule has 334 valence electrons. The number of halogens is 3. The number of carboxylic acid groups (broad SMARTS) is 1. The number of carbonyl (C=O) groups excluding carboxylic acids is 3. The lowest BCUT2D eigenvalue weighted by atomic mass is 9.81. The van der Waals surface area contributed by atoms with Gasteiger partial charge in [0.15, 0.2) is 11.5 Å². The minimum absolute atomic E-state index is 0.00149. The number of rotatable bonds is 10. The van der Waals surface area contributed by atoms with Crippen molar-refractivity contribution in [1.29, 1.82) is 0 Å². The van der Waals surface area contributed by atoms with Crippen LogP contribution in [0, 0.1) is 17.8 Å². The van der Waals surface area contributed by atoms with Crippen LogP contribution < -0.4 is 24.2 Å². The number of carbonyl (C=O) groups is 4. The van der Waals surface area contributed by atoms with Crippen LogP contribution in [-0.4, -0.2) is 118 Å². The van der Waals surface area contributed by atoms with Crippen LogP contribution in [0.15, 0.2) is 36.5 Å². The molecule has 0 spiro atoms. The Bertz CT molecular complexity index is 2220. The van der Waals surface area contributed by atoms with E-state index in [0.29, 0.717) is 60.2 Å². The number of pyridine rings is 1. The molecule has 1 aromatic carbocycles. The lowest BCUT2D eigenvalue weighted by molar-refractivity contribution is -0.157. The maximum absolute atomic E-state index is 15.5. The molecule has 0 bridgehead atoms. The van der Waals surface area contributed by atoms with E-state index in [-0.39, 0.29) is 56.9 Å². The van der Waals surface area contributed by atoms with Crippen molar-refractivity contribution in [3.8, 4) is 17.4 Å². The number of amides is 4. The zero-order chi connectivity index (χ0) is 44.3. The number of fused-ring (bicyclic) bond motifs is 5. The summed E-state index contributed by atoms with van der Waals surface area (Å²) in [4.78, 5) is 63.4. The molecule has 0 radical (unpaired) electrons. The normalized spacial score (nSPS) is 29.5. The predicted molar refractivity (Wildman–Crippen MR) is 216 cm³/mol. The van der Waals surface area contributed by atoms with Crippen molar-refractivity contribution in [2.24, 2.45) is 17.8 Å². The average Bonchev–Trinajstić information content (AvgIpc) is 4.11. The molecule has 2 aromatic rings. The third-order valence-electron chi connectivity index (χ3n) is 13.4. The van der Waals surface area contributed by atoms with E-state index in [9.17, 15) is 32.3 Å². The highest BCUT2D eigenvalue weighted by molar-refractivity contribution is 7.91. The van der Waals surface area contributed by atoms with Gasteiger partial charge < -0.3 is 29.5 Å². The van der Waals surface area contributed by atoms with E-state index in [4.69, 9.17) is 14.2 Å². The van der Waals surface area contributed by atoms with Gasteiger partial charge in [0.25, 0.3) is 11.8 Å². The molecule has 3 N–H and O–H groups in total. The Kier molecular flexibility index (Phi) is 11.7.